The lowest BCUT2D eigenvalue weighted by molar-refractivity contribution is -0.125. The maximum Gasteiger partial charge on any atom is 0.410 e. The van der Waals surface area contributed by atoms with Crippen LogP contribution in [0.1, 0.15) is 31.4 Å². The number of carbonyl (C=O) groups is 3. The van der Waals surface area contributed by atoms with Crippen molar-refractivity contribution in [3.63, 3.8) is 0 Å². The Kier molecular flexibility index (Phi) is 9.26. The molecule has 2 aromatic heterocycles. The second-order valence-corrected chi connectivity index (χ2v) is 10.7. The zero-order valence-electron chi connectivity index (χ0n) is 23.8. The fourth-order valence-corrected chi connectivity index (χ4v) is 4.40. The van der Waals surface area contributed by atoms with Crippen molar-refractivity contribution in [3.8, 4) is 0 Å². The Hall–Kier alpha value is -4.41. The monoisotopic (exact) mass is 565 g/mol. The van der Waals surface area contributed by atoms with Crippen LogP contribution in [-0.4, -0.2) is 71.1 Å². The summed E-state index contributed by atoms with van der Waals surface area (Å²) in [4.78, 5) is 53.2. The van der Waals surface area contributed by atoms with Gasteiger partial charge in [-0.3, -0.25) is 14.4 Å². The summed E-state index contributed by atoms with van der Waals surface area (Å²) in [6.07, 6.45) is 5.42. The number of anilines is 1. The third kappa shape index (κ3) is 7.62. The van der Waals surface area contributed by atoms with Crippen LogP contribution in [0.4, 0.5) is 14.9 Å². The van der Waals surface area contributed by atoms with Gasteiger partial charge < -0.3 is 29.0 Å². The summed E-state index contributed by atoms with van der Waals surface area (Å²) >= 11 is 0. The summed E-state index contributed by atoms with van der Waals surface area (Å²) < 4.78 is 22.9. The van der Waals surface area contributed by atoms with Crippen molar-refractivity contribution in [2.45, 2.75) is 44.9 Å². The molecular formula is C30H36FN5O5. The summed E-state index contributed by atoms with van der Waals surface area (Å²) in [6.45, 7) is 1.03. The van der Waals surface area contributed by atoms with E-state index in [2.05, 4.69) is 9.88 Å². The normalized spacial score (nSPS) is 13.8. The molecule has 41 heavy (non-hydrogen) atoms. The standard InChI is InChI=1S/C30H36FN5O5/c1-33(2)27(37)10-6-5-9-26(41-30(40)34(3)4)28(38)32-24-8-7-15-35(29(24)39)19-23-17-21-16-22(31)13-14-25(21)36(23)18-20-11-12-20/h6-8,10,13-17,20,26H,5,9,11-12,18-19H2,1-4H3,(H,32,38)/b10-6+/t26-/m0/s1. The number of hydrogen-bond donors (Lipinski definition) is 1. The Morgan fingerprint density at radius 1 is 1.12 bits per heavy atom. The molecule has 0 radical (unpaired) electrons. The van der Waals surface area contributed by atoms with Gasteiger partial charge in [0, 0.05) is 57.5 Å². The Morgan fingerprint density at radius 2 is 1.88 bits per heavy atom. The molecule has 11 heteroatoms. The zero-order chi connectivity index (χ0) is 29.7. The summed E-state index contributed by atoms with van der Waals surface area (Å²) in [5, 5.41) is 3.38. The minimum atomic E-state index is -1.19. The van der Waals surface area contributed by atoms with Crippen LogP contribution in [0.3, 0.4) is 0 Å². The molecule has 0 spiro atoms. The number of nitrogens with one attached hydrogen (secondary N) is 1. The number of amides is 3. The van der Waals surface area contributed by atoms with Crippen LogP contribution >= 0.6 is 0 Å². The molecule has 1 saturated carbocycles. The molecular weight excluding hydrogens is 529 g/mol. The van der Waals surface area contributed by atoms with Crippen LogP contribution in [0.2, 0.25) is 0 Å². The number of benzene rings is 1. The SMILES string of the molecule is CN(C)C(=O)/C=C/CC[C@H](OC(=O)N(C)C)C(=O)Nc1cccn(Cc2cc3cc(F)ccc3n2CC2CC2)c1=O. The Labute approximate surface area is 238 Å². The van der Waals surface area contributed by atoms with Gasteiger partial charge in [-0.15, -0.1) is 0 Å². The molecule has 1 atom stereocenters. The topological polar surface area (TPSA) is 106 Å². The largest absolute Gasteiger partial charge is 0.436 e. The van der Waals surface area contributed by atoms with Gasteiger partial charge >= 0.3 is 6.09 Å². The second-order valence-electron chi connectivity index (χ2n) is 10.7. The lowest BCUT2D eigenvalue weighted by Gasteiger charge is -2.20. The van der Waals surface area contributed by atoms with Gasteiger partial charge in [-0.1, -0.05) is 6.08 Å². The third-order valence-electron chi connectivity index (χ3n) is 6.89. The van der Waals surface area contributed by atoms with Crippen LogP contribution in [0.5, 0.6) is 0 Å². The molecule has 2 heterocycles. The number of aromatic nitrogens is 2. The molecule has 0 unspecified atom stereocenters. The first-order valence-electron chi connectivity index (χ1n) is 13.6. The number of ether oxygens (including phenoxy) is 1. The Morgan fingerprint density at radius 3 is 2.56 bits per heavy atom. The quantitative estimate of drug-likeness (QED) is 0.356. The van der Waals surface area contributed by atoms with Crippen molar-refractivity contribution in [1.82, 2.24) is 18.9 Å². The highest BCUT2D eigenvalue weighted by Crippen LogP contribution is 2.33. The van der Waals surface area contributed by atoms with Crippen molar-refractivity contribution in [2.75, 3.05) is 33.5 Å². The molecule has 3 aromatic rings. The van der Waals surface area contributed by atoms with E-state index in [4.69, 9.17) is 4.74 Å². The highest BCUT2D eigenvalue weighted by Gasteiger charge is 2.26. The highest BCUT2D eigenvalue weighted by atomic mass is 19.1. The van der Waals surface area contributed by atoms with Crippen LogP contribution < -0.4 is 10.9 Å². The smallest absolute Gasteiger partial charge is 0.410 e. The van der Waals surface area contributed by atoms with Gasteiger partial charge in [0.15, 0.2) is 6.10 Å². The average Bonchev–Trinajstić information content (AvgIpc) is 3.68. The fourth-order valence-electron chi connectivity index (χ4n) is 4.40. The van der Waals surface area contributed by atoms with Crippen molar-refractivity contribution in [2.24, 2.45) is 5.92 Å². The van der Waals surface area contributed by atoms with E-state index in [-0.39, 0.29) is 30.4 Å². The van der Waals surface area contributed by atoms with E-state index >= 15 is 0 Å². The molecule has 3 amide bonds. The molecule has 10 nitrogen and oxygen atoms in total. The summed E-state index contributed by atoms with van der Waals surface area (Å²) in [7, 11) is 6.25. The number of halogens is 1. The van der Waals surface area contributed by atoms with Gasteiger partial charge in [0.25, 0.3) is 11.5 Å². The number of rotatable bonds is 11. The summed E-state index contributed by atoms with van der Waals surface area (Å²) in [5.41, 5.74) is 1.39. The number of hydrogen-bond acceptors (Lipinski definition) is 5. The number of nitrogens with zero attached hydrogens (tertiary/aromatic N) is 4. The fraction of sp³-hybridized carbons (Fsp3) is 0.400. The predicted octanol–water partition coefficient (Wildman–Crippen LogP) is 3.83. The van der Waals surface area contributed by atoms with E-state index in [0.717, 1.165) is 36.0 Å². The van der Waals surface area contributed by atoms with E-state index in [1.165, 1.54) is 52.7 Å². The maximum absolute atomic E-state index is 13.9. The first-order chi connectivity index (χ1) is 19.5. The third-order valence-corrected chi connectivity index (χ3v) is 6.89. The molecule has 1 N–H and O–H groups in total. The van der Waals surface area contributed by atoms with Crippen molar-refractivity contribution in [1.29, 1.82) is 0 Å². The summed E-state index contributed by atoms with van der Waals surface area (Å²) in [6, 6.07) is 9.73. The van der Waals surface area contributed by atoms with Crippen molar-refractivity contribution >= 4 is 34.5 Å². The van der Waals surface area contributed by atoms with Crippen LogP contribution in [0, 0.1) is 11.7 Å². The molecule has 218 valence electrons. The number of carbonyl (C=O) groups excluding carboxylic acids is 3. The van der Waals surface area contributed by atoms with Crippen molar-refractivity contribution < 1.29 is 23.5 Å². The summed E-state index contributed by atoms with van der Waals surface area (Å²) in [5.74, 6) is -0.614. The molecule has 0 aliphatic heterocycles. The average molecular weight is 566 g/mol. The first-order valence-corrected chi connectivity index (χ1v) is 13.6. The highest BCUT2D eigenvalue weighted by molar-refractivity contribution is 5.95. The predicted molar refractivity (Wildman–Crippen MR) is 154 cm³/mol. The molecule has 4 rings (SSSR count). The first kappa shape index (κ1) is 29.6. The molecule has 1 aliphatic rings. The number of likely N-dealkylation sites (N-methyl/N-ethyl adjacent to an activating group) is 1. The molecule has 1 aliphatic carbocycles. The molecule has 1 aromatic carbocycles. The van der Waals surface area contributed by atoms with Gasteiger partial charge in [-0.25, -0.2) is 9.18 Å². The van der Waals surface area contributed by atoms with E-state index in [1.807, 2.05) is 6.07 Å². The van der Waals surface area contributed by atoms with E-state index in [9.17, 15) is 23.6 Å². The van der Waals surface area contributed by atoms with Crippen LogP contribution in [0.15, 0.2) is 59.5 Å². The van der Waals surface area contributed by atoms with Gasteiger partial charge in [-0.2, -0.15) is 0 Å². The molecule has 1 fully saturated rings. The minimum Gasteiger partial charge on any atom is -0.436 e. The Bertz CT molecular complexity index is 1520. The zero-order valence-corrected chi connectivity index (χ0v) is 23.8. The second kappa shape index (κ2) is 12.8. The number of fused-ring (bicyclic) bond motifs is 1. The van der Waals surface area contributed by atoms with Crippen molar-refractivity contribution in [3.05, 3.63) is 76.6 Å². The van der Waals surface area contributed by atoms with Gasteiger partial charge in [0.05, 0.1) is 6.54 Å². The van der Waals surface area contributed by atoms with Gasteiger partial charge in [0.2, 0.25) is 5.91 Å². The molecule has 0 saturated heterocycles. The van der Waals surface area contributed by atoms with Gasteiger partial charge in [0.1, 0.15) is 11.5 Å². The Balaban J connectivity index is 1.53. The number of allylic oxidation sites excluding steroid dienone is 1. The van der Waals surface area contributed by atoms with Gasteiger partial charge in [-0.05, 0) is 74.1 Å². The molecule has 0 bridgehead atoms. The minimum absolute atomic E-state index is 0.0395. The van der Waals surface area contributed by atoms with Crippen LogP contribution in [0.25, 0.3) is 10.9 Å². The maximum atomic E-state index is 13.9. The lowest BCUT2D eigenvalue weighted by Crippen LogP contribution is -2.37. The lowest BCUT2D eigenvalue weighted by atomic mass is 10.1. The van der Waals surface area contributed by atoms with E-state index in [1.54, 1.807) is 38.5 Å². The van der Waals surface area contributed by atoms with E-state index < -0.39 is 23.7 Å². The number of pyridine rings is 1. The van der Waals surface area contributed by atoms with Crippen LogP contribution in [-0.2, 0) is 27.4 Å². The van der Waals surface area contributed by atoms with E-state index in [0.29, 0.717) is 12.3 Å².